The molecule has 27 heavy (non-hydrogen) atoms. The SMILES string of the molecule is O=C(OCC1c2ccccc2-c2ccccc21)N(CCO)c1ccncc1. The van der Waals surface area contributed by atoms with Crippen LogP contribution in [0.25, 0.3) is 11.1 Å². The van der Waals surface area contributed by atoms with Gasteiger partial charge in [0, 0.05) is 18.3 Å². The fourth-order valence-electron chi connectivity index (χ4n) is 3.62. The second kappa shape index (κ2) is 7.60. The molecule has 0 bridgehead atoms. The van der Waals surface area contributed by atoms with Crippen LogP contribution in [0.1, 0.15) is 17.0 Å². The van der Waals surface area contributed by atoms with Gasteiger partial charge in [0.2, 0.25) is 0 Å². The standard InChI is InChI=1S/C22H20N2O3/c25-14-13-24(16-9-11-23-12-10-16)22(26)27-15-21-19-7-3-1-5-17(19)18-6-2-4-8-20(18)21/h1-12,21,25H,13-15H2. The van der Waals surface area contributed by atoms with E-state index in [1.807, 2.05) is 24.3 Å². The third-order valence-electron chi connectivity index (χ3n) is 4.85. The van der Waals surface area contributed by atoms with E-state index < -0.39 is 6.09 Å². The summed E-state index contributed by atoms with van der Waals surface area (Å²) in [6, 6.07) is 19.9. The molecule has 2 aromatic carbocycles. The van der Waals surface area contributed by atoms with E-state index in [1.165, 1.54) is 27.2 Å². The largest absolute Gasteiger partial charge is 0.448 e. The van der Waals surface area contributed by atoms with E-state index in [1.54, 1.807) is 24.5 Å². The predicted octanol–water partition coefficient (Wildman–Crippen LogP) is 3.83. The maximum Gasteiger partial charge on any atom is 0.414 e. The second-order valence-corrected chi connectivity index (χ2v) is 6.38. The van der Waals surface area contributed by atoms with E-state index in [4.69, 9.17) is 4.74 Å². The Morgan fingerprint density at radius 2 is 1.56 bits per heavy atom. The molecular formula is C22H20N2O3. The van der Waals surface area contributed by atoms with Crippen LogP contribution in [0.5, 0.6) is 0 Å². The summed E-state index contributed by atoms with van der Waals surface area (Å²) in [5.74, 6) is 0.00904. The number of fused-ring (bicyclic) bond motifs is 3. The van der Waals surface area contributed by atoms with Crippen molar-refractivity contribution in [2.75, 3.05) is 24.7 Å². The van der Waals surface area contributed by atoms with E-state index in [2.05, 4.69) is 29.2 Å². The van der Waals surface area contributed by atoms with Gasteiger partial charge < -0.3 is 9.84 Å². The minimum atomic E-state index is -0.475. The van der Waals surface area contributed by atoms with E-state index in [-0.39, 0.29) is 25.7 Å². The number of ether oxygens (including phenoxy) is 1. The van der Waals surface area contributed by atoms with Gasteiger partial charge in [0.25, 0.3) is 0 Å². The summed E-state index contributed by atoms with van der Waals surface area (Å²) < 4.78 is 5.66. The molecular weight excluding hydrogens is 340 g/mol. The highest BCUT2D eigenvalue weighted by atomic mass is 16.6. The average molecular weight is 360 g/mol. The van der Waals surface area contributed by atoms with Gasteiger partial charge in [-0.3, -0.25) is 9.88 Å². The number of amides is 1. The van der Waals surface area contributed by atoms with Gasteiger partial charge in [0.1, 0.15) is 6.61 Å². The monoisotopic (exact) mass is 360 g/mol. The molecule has 0 saturated carbocycles. The zero-order valence-corrected chi connectivity index (χ0v) is 14.8. The van der Waals surface area contributed by atoms with E-state index in [9.17, 15) is 9.90 Å². The fourth-order valence-corrected chi connectivity index (χ4v) is 3.62. The highest BCUT2D eigenvalue weighted by molar-refractivity contribution is 5.87. The summed E-state index contributed by atoms with van der Waals surface area (Å²) in [7, 11) is 0. The third-order valence-corrected chi connectivity index (χ3v) is 4.85. The minimum absolute atomic E-state index is 0.00904. The third kappa shape index (κ3) is 3.29. The number of anilines is 1. The van der Waals surface area contributed by atoms with Crippen LogP contribution in [0.4, 0.5) is 10.5 Å². The maximum absolute atomic E-state index is 12.7. The lowest BCUT2D eigenvalue weighted by atomic mass is 9.98. The smallest absolute Gasteiger partial charge is 0.414 e. The zero-order chi connectivity index (χ0) is 18.6. The molecule has 4 rings (SSSR count). The number of nitrogens with zero attached hydrogens (tertiary/aromatic N) is 2. The van der Waals surface area contributed by atoms with Gasteiger partial charge in [-0.1, -0.05) is 48.5 Å². The molecule has 1 heterocycles. The Labute approximate surface area is 157 Å². The van der Waals surface area contributed by atoms with Crippen LogP contribution in [0.2, 0.25) is 0 Å². The molecule has 136 valence electrons. The van der Waals surface area contributed by atoms with E-state index in [0.29, 0.717) is 5.69 Å². The summed E-state index contributed by atoms with van der Waals surface area (Å²) in [6.45, 7) is 0.271. The maximum atomic E-state index is 12.7. The van der Waals surface area contributed by atoms with Crippen LogP contribution in [-0.2, 0) is 4.74 Å². The molecule has 1 amide bonds. The molecule has 0 fully saturated rings. The number of benzene rings is 2. The summed E-state index contributed by atoms with van der Waals surface area (Å²) >= 11 is 0. The molecule has 0 aliphatic heterocycles. The van der Waals surface area contributed by atoms with Crippen molar-refractivity contribution in [1.29, 1.82) is 0 Å². The van der Waals surface area contributed by atoms with Gasteiger partial charge in [0.15, 0.2) is 0 Å². The fraction of sp³-hybridized carbons (Fsp3) is 0.182. The Kier molecular flexibility index (Phi) is 4.85. The highest BCUT2D eigenvalue weighted by Gasteiger charge is 2.29. The second-order valence-electron chi connectivity index (χ2n) is 6.38. The lowest BCUT2D eigenvalue weighted by Crippen LogP contribution is -2.34. The molecule has 1 aliphatic carbocycles. The number of pyridine rings is 1. The predicted molar refractivity (Wildman–Crippen MR) is 104 cm³/mol. The van der Waals surface area contributed by atoms with Crippen LogP contribution >= 0.6 is 0 Å². The van der Waals surface area contributed by atoms with E-state index >= 15 is 0 Å². The average Bonchev–Trinajstić information content (AvgIpc) is 3.05. The molecule has 1 aromatic heterocycles. The van der Waals surface area contributed by atoms with Gasteiger partial charge in [-0.25, -0.2) is 4.79 Å². The van der Waals surface area contributed by atoms with E-state index in [0.717, 1.165) is 0 Å². The summed E-state index contributed by atoms with van der Waals surface area (Å²) in [5, 5.41) is 9.32. The molecule has 0 saturated heterocycles. The molecule has 3 aromatic rings. The lowest BCUT2D eigenvalue weighted by Gasteiger charge is -2.22. The minimum Gasteiger partial charge on any atom is -0.448 e. The first-order valence-electron chi connectivity index (χ1n) is 8.93. The summed E-state index contributed by atoms with van der Waals surface area (Å²) in [4.78, 5) is 18.1. The van der Waals surface area contributed by atoms with Crippen molar-refractivity contribution in [2.45, 2.75) is 5.92 Å². The molecule has 1 aliphatic rings. The summed E-state index contributed by atoms with van der Waals surface area (Å²) in [6.07, 6.45) is 2.74. The van der Waals surface area contributed by atoms with Crippen LogP contribution in [0, 0.1) is 0 Å². The first-order valence-corrected chi connectivity index (χ1v) is 8.93. The number of carbonyl (C=O) groups is 1. The van der Waals surface area contributed by atoms with Crippen LogP contribution < -0.4 is 4.90 Å². The van der Waals surface area contributed by atoms with Crippen molar-refractivity contribution in [2.24, 2.45) is 0 Å². The van der Waals surface area contributed by atoms with Crippen LogP contribution in [-0.4, -0.2) is 35.9 Å². The topological polar surface area (TPSA) is 62.7 Å². The molecule has 0 spiro atoms. The highest BCUT2D eigenvalue weighted by Crippen LogP contribution is 2.44. The zero-order valence-electron chi connectivity index (χ0n) is 14.8. The number of aromatic nitrogens is 1. The van der Waals surface area contributed by atoms with Gasteiger partial charge in [-0.05, 0) is 34.4 Å². The lowest BCUT2D eigenvalue weighted by molar-refractivity contribution is 0.148. The van der Waals surface area contributed by atoms with Crippen LogP contribution in [0.3, 0.4) is 0 Å². The van der Waals surface area contributed by atoms with Gasteiger partial charge >= 0.3 is 6.09 Å². The van der Waals surface area contributed by atoms with Gasteiger partial charge in [0.05, 0.1) is 18.8 Å². The van der Waals surface area contributed by atoms with Crippen molar-refractivity contribution in [3.63, 3.8) is 0 Å². The number of rotatable bonds is 5. The molecule has 5 heteroatoms. The quantitative estimate of drug-likeness (QED) is 0.751. The van der Waals surface area contributed by atoms with Gasteiger partial charge in [-0.2, -0.15) is 0 Å². The molecule has 5 nitrogen and oxygen atoms in total. The van der Waals surface area contributed by atoms with Crippen molar-refractivity contribution in [3.05, 3.63) is 84.2 Å². The Morgan fingerprint density at radius 3 is 2.15 bits per heavy atom. The number of aliphatic hydroxyl groups excluding tert-OH is 1. The number of aliphatic hydroxyl groups is 1. The van der Waals surface area contributed by atoms with Crippen molar-refractivity contribution in [3.8, 4) is 11.1 Å². The molecule has 0 unspecified atom stereocenters. The van der Waals surface area contributed by atoms with Crippen molar-refractivity contribution < 1.29 is 14.6 Å². The number of hydrogen-bond acceptors (Lipinski definition) is 4. The van der Waals surface area contributed by atoms with Crippen molar-refractivity contribution in [1.82, 2.24) is 4.98 Å². The Bertz CT molecular complexity index is 898. The Hall–Kier alpha value is -3.18. The number of carbonyl (C=O) groups excluding carboxylic acids is 1. The molecule has 0 radical (unpaired) electrons. The Balaban J connectivity index is 1.55. The summed E-state index contributed by atoms with van der Waals surface area (Å²) in [5.41, 5.74) is 5.37. The number of hydrogen-bond donors (Lipinski definition) is 1. The first kappa shape index (κ1) is 17.2. The normalized spacial score (nSPS) is 12.3. The Morgan fingerprint density at radius 1 is 0.963 bits per heavy atom. The molecule has 1 N–H and O–H groups in total. The van der Waals surface area contributed by atoms with Crippen molar-refractivity contribution >= 4 is 11.8 Å². The van der Waals surface area contributed by atoms with Crippen LogP contribution in [0.15, 0.2) is 73.1 Å². The van der Waals surface area contributed by atoms with Gasteiger partial charge in [-0.15, -0.1) is 0 Å². The first-order chi connectivity index (χ1) is 13.3. The molecule has 0 atom stereocenters.